The average Bonchev–Trinajstić information content (AvgIpc) is 2.43. The smallest absolute Gasteiger partial charge is 0.327 e. The summed E-state index contributed by atoms with van der Waals surface area (Å²) in [5.74, 6) is 0.812. The van der Waals surface area contributed by atoms with Crippen LogP contribution in [0.15, 0.2) is 18.2 Å². The van der Waals surface area contributed by atoms with Crippen LogP contribution < -0.4 is 14.8 Å². The molecule has 1 rings (SSSR count). The van der Waals surface area contributed by atoms with Crippen molar-refractivity contribution in [2.75, 3.05) is 27.4 Å². The average molecular weight is 267 g/mol. The number of para-hydroxylation sites is 1. The molecule has 0 amide bonds. The van der Waals surface area contributed by atoms with Gasteiger partial charge in [-0.05, 0) is 19.5 Å². The highest BCUT2D eigenvalue weighted by molar-refractivity contribution is 5.79. The third-order valence-electron chi connectivity index (χ3n) is 2.67. The summed E-state index contributed by atoms with van der Waals surface area (Å²) in [4.78, 5) is 12.0. The van der Waals surface area contributed by atoms with Crippen LogP contribution in [0.2, 0.25) is 0 Å². The van der Waals surface area contributed by atoms with Crippen LogP contribution in [0, 0.1) is 0 Å². The van der Waals surface area contributed by atoms with E-state index in [9.17, 15) is 4.79 Å². The summed E-state index contributed by atoms with van der Waals surface area (Å²) in [6, 6.07) is 4.87. The number of benzene rings is 1. The maximum absolute atomic E-state index is 12.0. The monoisotopic (exact) mass is 267 g/mol. The number of carbonyl (C=O) groups excluding carboxylic acids is 1. The van der Waals surface area contributed by atoms with Crippen LogP contribution in [0.1, 0.15) is 25.5 Å². The predicted molar refractivity (Wildman–Crippen MR) is 72.6 cm³/mol. The van der Waals surface area contributed by atoms with Crippen LogP contribution in [0.5, 0.6) is 11.5 Å². The summed E-state index contributed by atoms with van der Waals surface area (Å²) in [5, 5.41) is 3.10. The van der Waals surface area contributed by atoms with E-state index in [4.69, 9.17) is 14.2 Å². The van der Waals surface area contributed by atoms with Gasteiger partial charge in [0.15, 0.2) is 11.5 Å². The summed E-state index contributed by atoms with van der Waals surface area (Å²) in [5.41, 5.74) is 0.710. The first-order valence-electron chi connectivity index (χ1n) is 6.30. The van der Waals surface area contributed by atoms with Gasteiger partial charge in [0.05, 0.1) is 20.8 Å². The molecule has 106 valence electrons. The van der Waals surface area contributed by atoms with Crippen LogP contribution in [0.3, 0.4) is 0 Å². The van der Waals surface area contributed by atoms with Crippen LogP contribution in [-0.4, -0.2) is 33.3 Å². The van der Waals surface area contributed by atoms with Crippen molar-refractivity contribution in [1.82, 2.24) is 5.32 Å². The van der Waals surface area contributed by atoms with Gasteiger partial charge in [-0.3, -0.25) is 0 Å². The molecular formula is C14H21NO4. The van der Waals surface area contributed by atoms with Crippen molar-refractivity contribution >= 4 is 5.97 Å². The van der Waals surface area contributed by atoms with E-state index in [1.54, 1.807) is 27.2 Å². The highest BCUT2D eigenvalue weighted by atomic mass is 16.5. The summed E-state index contributed by atoms with van der Waals surface area (Å²) in [7, 11) is 3.11. The molecule has 1 unspecified atom stereocenters. The van der Waals surface area contributed by atoms with Crippen LogP contribution in [0.25, 0.3) is 0 Å². The third kappa shape index (κ3) is 3.61. The van der Waals surface area contributed by atoms with E-state index in [0.29, 0.717) is 30.2 Å². The number of hydrogen-bond acceptors (Lipinski definition) is 5. The first kappa shape index (κ1) is 15.3. The second-order valence-electron chi connectivity index (χ2n) is 3.83. The van der Waals surface area contributed by atoms with Crippen molar-refractivity contribution in [2.45, 2.75) is 19.9 Å². The van der Waals surface area contributed by atoms with E-state index >= 15 is 0 Å². The number of methoxy groups -OCH3 is 2. The molecule has 0 aromatic heterocycles. The molecule has 0 saturated heterocycles. The van der Waals surface area contributed by atoms with Crippen LogP contribution >= 0.6 is 0 Å². The lowest BCUT2D eigenvalue weighted by Gasteiger charge is -2.20. The van der Waals surface area contributed by atoms with Gasteiger partial charge in [0, 0.05) is 5.56 Å². The molecule has 0 heterocycles. The molecule has 1 aromatic carbocycles. The van der Waals surface area contributed by atoms with Crippen molar-refractivity contribution in [3.63, 3.8) is 0 Å². The maximum atomic E-state index is 12.0. The zero-order valence-electron chi connectivity index (χ0n) is 11.9. The molecular weight excluding hydrogens is 246 g/mol. The molecule has 0 bridgehead atoms. The van der Waals surface area contributed by atoms with E-state index in [1.807, 2.05) is 19.1 Å². The zero-order valence-corrected chi connectivity index (χ0v) is 11.9. The second kappa shape index (κ2) is 7.63. The maximum Gasteiger partial charge on any atom is 0.327 e. The topological polar surface area (TPSA) is 56.8 Å². The van der Waals surface area contributed by atoms with E-state index in [-0.39, 0.29) is 5.97 Å². The Morgan fingerprint density at radius 3 is 2.53 bits per heavy atom. The van der Waals surface area contributed by atoms with Gasteiger partial charge in [0.25, 0.3) is 0 Å². The lowest BCUT2D eigenvalue weighted by Crippen LogP contribution is -2.30. The summed E-state index contributed by atoms with van der Waals surface area (Å²) < 4.78 is 15.7. The number of carbonyl (C=O) groups is 1. The molecule has 19 heavy (non-hydrogen) atoms. The molecule has 1 N–H and O–H groups in total. The van der Waals surface area contributed by atoms with Gasteiger partial charge in [-0.25, -0.2) is 4.79 Å². The Morgan fingerprint density at radius 1 is 1.26 bits per heavy atom. The SMILES string of the molecule is CCNC(C(=O)OCC)c1cccc(OC)c1OC. The van der Waals surface area contributed by atoms with Crippen LogP contribution in [0.4, 0.5) is 0 Å². The van der Waals surface area contributed by atoms with Gasteiger partial charge in [-0.15, -0.1) is 0 Å². The largest absolute Gasteiger partial charge is 0.493 e. The standard InChI is InChI=1S/C14H21NO4/c1-5-15-12(14(16)19-6-2)10-8-7-9-11(17-3)13(10)18-4/h7-9,12,15H,5-6H2,1-4H3. The minimum atomic E-state index is -0.560. The number of esters is 1. The van der Waals surface area contributed by atoms with Crippen molar-refractivity contribution in [3.05, 3.63) is 23.8 Å². The normalized spacial score (nSPS) is 11.8. The van der Waals surface area contributed by atoms with Crippen molar-refractivity contribution in [1.29, 1.82) is 0 Å². The third-order valence-corrected chi connectivity index (χ3v) is 2.67. The molecule has 0 radical (unpaired) electrons. The molecule has 0 spiro atoms. The molecule has 0 fully saturated rings. The van der Waals surface area contributed by atoms with Crippen LogP contribution in [-0.2, 0) is 9.53 Å². The molecule has 5 heteroatoms. The molecule has 1 aromatic rings. The number of rotatable bonds is 7. The molecule has 1 atom stereocenters. The highest BCUT2D eigenvalue weighted by Crippen LogP contribution is 2.34. The number of hydrogen-bond donors (Lipinski definition) is 1. The second-order valence-corrected chi connectivity index (χ2v) is 3.83. The van der Waals surface area contributed by atoms with Gasteiger partial charge >= 0.3 is 5.97 Å². The van der Waals surface area contributed by atoms with Gasteiger partial charge in [0.1, 0.15) is 6.04 Å². The fourth-order valence-electron chi connectivity index (χ4n) is 1.89. The lowest BCUT2D eigenvalue weighted by molar-refractivity contribution is -0.145. The molecule has 5 nitrogen and oxygen atoms in total. The first-order valence-corrected chi connectivity index (χ1v) is 6.30. The van der Waals surface area contributed by atoms with Gasteiger partial charge in [-0.2, -0.15) is 0 Å². The predicted octanol–water partition coefficient (Wildman–Crippen LogP) is 1.92. The molecule has 0 aliphatic rings. The zero-order chi connectivity index (χ0) is 14.3. The fraction of sp³-hybridized carbons (Fsp3) is 0.500. The molecule has 0 aliphatic heterocycles. The quantitative estimate of drug-likeness (QED) is 0.765. The Balaban J connectivity index is 3.18. The fourth-order valence-corrected chi connectivity index (χ4v) is 1.89. The Kier molecular flexibility index (Phi) is 6.15. The Bertz CT molecular complexity index is 420. The van der Waals surface area contributed by atoms with Gasteiger partial charge < -0.3 is 19.5 Å². The lowest BCUT2D eigenvalue weighted by atomic mass is 10.0. The first-order chi connectivity index (χ1) is 9.19. The number of likely N-dealkylation sites (N-methyl/N-ethyl adjacent to an activating group) is 1. The number of nitrogens with one attached hydrogen (secondary N) is 1. The molecule has 0 saturated carbocycles. The minimum absolute atomic E-state index is 0.323. The Morgan fingerprint density at radius 2 is 2.00 bits per heavy atom. The highest BCUT2D eigenvalue weighted by Gasteiger charge is 2.25. The van der Waals surface area contributed by atoms with Gasteiger partial charge in [0.2, 0.25) is 0 Å². The number of ether oxygens (including phenoxy) is 3. The summed E-state index contributed by atoms with van der Waals surface area (Å²) in [6.45, 7) is 4.69. The molecule has 0 aliphatic carbocycles. The van der Waals surface area contributed by atoms with E-state index in [1.165, 1.54) is 0 Å². The van der Waals surface area contributed by atoms with E-state index in [0.717, 1.165) is 0 Å². The Labute approximate surface area is 113 Å². The van der Waals surface area contributed by atoms with Crippen molar-refractivity contribution in [2.24, 2.45) is 0 Å². The van der Waals surface area contributed by atoms with E-state index < -0.39 is 6.04 Å². The summed E-state index contributed by atoms with van der Waals surface area (Å²) >= 11 is 0. The Hall–Kier alpha value is -1.75. The van der Waals surface area contributed by atoms with Gasteiger partial charge in [-0.1, -0.05) is 19.1 Å². The van der Waals surface area contributed by atoms with E-state index in [2.05, 4.69) is 5.32 Å². The van der Waals surface area contributed by atoms with Crippen molar-refractivity contribution < 1.29 is 19.0 Å². The van der Waals surface area contributed by atoms with Crippen molar-refractivity contribution in [3.8, 4) is 11.5 Å². The minimum Gasteiger partial charge on any atom is -0.493 e. The summed E-state index contributed by atoms with van der Waals surface area (Å²) in [6.07, 6.45) is 0.